The number of morpholine rings is 1. The fourth-order valence-electron chi connectivity index (χ4n) is 2.28. The Balaban J connectivity index is 1.98. The van der Waals surface area contributed by atoms with Gasteiger partial charge in [0.05, 0.1) is 24.6 Å². The monoisotopic (exact) mass is 310 g/mol. The molecule has 0 bridgehead atoms. The van der Waals surface area contributed by atoms with Gasteiger partial charge in [0, 0.05) is 18.0 Å². The lowest BCUT2D eigenvalue weighted by atomic mass is 10.2. The Morgan fingerprint density at radius 1 is 1.48 bits per heavy atom. The highest BCUT2D eigenvalue weighted by Gasteiger charge is 2.30. The number of nitrogens with one attached hydrogen (secondary N) is 1. The van der Waals surface area contributed by atoms with Crippen molar-refractivity contribution in [3.05, 3.63) is 21.9 Å². The SMILES string of the molecule is CCCNC(=O)C1COCCN1CC(=O)c1ccc(C)s1. The van der Waals surface area contributed by atoms with E-state index in [0.29, 0.717) is 26.3 Å². The summed E-state index contributed by atoms with van der Waals surface area (Å²) < 4.78 is 5.39. The molecule has 1 atom stereocenters. The summed E-state index contributed by atoms with van der Waals surface area (Å²) in [6, 6.07) is 3.44. The van der Waals surface area contributed by atoms with Crippen LogP contribution in [0.25, 0.3) is 0 Å². The molecule has 1 aliphatic rings. The molecular weight excluding hydrogens is 288 g/mol. The molecule has 1 aliphatic heterocycles. The Bertz CT molecular complexity index is 501. The number of ketones is 1. The van der Waals surface area contributed by atoms with E-state index in [2.05, 4.69) is 5.32 Å². The van der Waals surface area contributed by atoms with Gasteiger partial charge in [0.2, 0.25) is 5.91 Å². The van der Waals surface area contributed by atoms with E-state index in [0.717, 1.165) is 16.2 Å². The van der Waals surface area contributed by atoms with Crippen LogP contribution >= 0.6 is 11.3 Å². The van der Waals surface area contributed by atoms with E-state index >= 15 is 0 Å². The molecule has 0 spiro atoms. The minimum Gasteiger partial charge on any atom is -0.378 e. The number of rotatable bonds is 6. The van der Waals surface area contributed by atoms with Gasteiger partial charge in [0.25, 0.3) is 0 Å². The fourth-order valence-corrected chi connectivity index (χ4v) is 3.08. The quantitative estimate of drug-likeness (QED) is 0.808. The Hall–Kier alpha value is -1.24. The molecule has 2 heterocycles. The van der Waals surface area contributed by atoms with Gasteiger partial charge in [-0.1, -0.05) is 6.92 Å². The predicted octanol–water partition coefficient (Wildman–Crippen LogP) is 1.47. The molecule has 1 fully saturated rings. The lowest BCUT2D eigenvalue weighted by Gasteiger charge is -2.33. The van der Waals surface area contributed by atoms with Crippen LogP contribution in [0.4, 0.5) is 0 Å². The summed E-state index contributed by atoms with van der Waals surface area (Å²) in [7, 11) is 0. The Morgan fingerprint density at radius 2 is 2.29 bits per heavy atom. The number of nitrogens with zero attached hydrogens (tertiary/aromatic N) is 1. The zero-order valence-corrected chi connectivity index (χ0v) is 13.4. The summed E-state index contributed by atoms with van der Waals surface area (Å²) in [5.41, 5.74) is 0. The molecule has 2 rings (SSSR count). The molecule has 0 aromatic carbocycles. The topological polar surface area (TPSA) is 58.6 Å². The van der Waals surface area contributed by atoms with E-state index in [9.17, 15) is 9.59 Å². The zero-order chi connectivity index (χ0) is 15.2. The molecule has 5 nitrogen and oxygen atoms in total. The summed E-state index contributed by atoms with van der Waals surface area (Å²) in [4.78, 5) is 28.3. The molecule has 0 aliphatic carbocycles. The molecule has 6 heteroatoms. The molecule has 116 valence electrons. The van der Waals surface area contributed by atoms with E-state index in [1.807, 2.05) is 30.9 Å². The van der Waals surface area contributed by atoms with Crippen molar-refractivity contribution in [2.45, 2.75) is 26.3 Å². The van der Waals surface area contributed by atoms with Crippen molar-refractivity contribution < 1.29 is 14.3 Å². The number of Topliss-reactive ketones (excluding diaryl/α,β-unsaturated/α-hetero) is 1. The standard InChI is InChI=1S/C15H22N2O3S/c1-3-6-16-15(19)12-10-20-8-7-17(12)9-13(18)14-5-4-11(2)21-14/h4-5,12H,3,6-10H2,1-2H3,(H,16,19). The van der Waals surface area contributed by atoms with Crippen molar-refractivity contribution in [1.29, 1.82) is 0 Å². The first-order valence-electron chi connectivity index (χ1n) is 7.31. The summed E-state index contributed by atoms with van der Waals surface area (Å²) >= 11 is 1.50. The third-order valence-corrected chi connectivity index (χ3v) is 4.49. The predicted molar refractivity (Wildman–Crippen MR) is 82.9 cm³/mol. The van der Waals surface area contributed by atoms with E-state index < -0.39 is 0 Å². The second kappa shape index (κ2) is 7.68. The minimum absolute atomic E-state index is 0.0493. The molecule has 0 saturated carbocycles. The molecule has 1 aromatic rings. The Labute approximate surface area is 129 Å². The first-order chi connectivity index (χ1) is 10.1. The van der Waals surface area contributed by atoms with Gasteiger partial charge >= 0.3 is 0 Å². The lowest BCUT2D eigenvalue weighted by molar-refractivity contribution is -0.132. The molecular formula is C15H22N2O3S. The van der Waals surface area contributed by atoms with Gasteiger partial charge in [0.15, 0.2) is 5.78 Å². The van der Waals surface area contributed by atoms with Crippen molar-refractivity contribution in [3.63, 3.8) is 0 Å². The Morgan fingerprint density at radius 3 is 2.95 bits per heavy atom. The average molecular weight is 310 g/mol. The number of thiophene rings is 1. The van der Waals surface area contributed by atoms with Crippen molar-refractivity contribution in [2.24, 2.45) is 0 Å². The van der Waals surface area contributed by atoms with Gasteiger partial charge in [-0.05, 0) is 25.5 Å². The first-order valence-corrected chi connectivity index (χ1v) is 8.12. The number of amides is 1. The van der Waals surface area contributed by atoms with E-state index in [1.54, 1.807) is 0 Å². The summed E-state index contributed by atoms with van der Waals surface area (Å²) in [5, 5.41) is 2.88. The number of carbonyl (C=O) groups excluding carboxylic acids is 2. The number of ether oxygens (including phenoxy) is 1. The van der Waals surface area contributed by atoms with Crippen LogP contribution in [0, 0.1) is 6.92 Å². The van der Waals surface area contributed by atoms with Gasteiger partial charge < -0.3 is 10.1 Å². The van der Waals surface area contributed by atoms with Crippen LogP contribution in [0.2, 0.25) is 0 Å². The van der Waals surface area contributed by atoms with E-state index in [-0.39, 0.29) is 24.3 Å². The lowest BCUT2D eigenvalue weighted by Crippen LogP contribution is -2.55. The normalized spacial score (nSPS) is 19.4. The van der Waals surface area contributed by atoms with Gasteiger partial charge in [0.1, 0.15) is 6.04 Å². The average Bonchev–Trinajstić information content (AvgIpc) is 2.92. The maximum Gasteiger partial charge on any atom is 0.239 e. The molecule has 1 aromatic heterocycles. The molecule has 1 saturated heterocycles. The fraction of sp³-hybridized carbons (Fsp3) is 0.600. The van der Waals surface area contributed by atoms with Crippen LogP contribution in [-0.4, -0.2) is 55.5 Å². The molecule has 1 amide bonds. The van der Waals surface area contributed by atoms with Crippen LogP contribution in [0.15, 0.2) is 12.1 Å². The Kier molecular flexibility index (Phi) is 5.90. The molecule has 0 radical (unpaired) electrons. The van der Waals surface area contributed by atoms with Gasteiger partial charge in [-0.2, -0.15) is 0 Å². The maximum absolute atomic E-state index is 12.3. The second-order valence-corrected chi connectivity index (χ2v) is 6.47. The van der Waals surface area contributed by atoms with E-state index in [4.69, 9.17) is 4.74 Å². The maximum atomic E-state index is 12.3. The first kappa shape index (κ1) is 16.1. The van der Waals surface area contributed by atoms with E-state index in [1.165, 1.54) is 11.3 Å². The summed E-state index contributed by atoms with van der Waals surface area (Å²) in [5.74, 6) is 0.0231. The van der Waals surface area contributed by atoms with Crippen LogP contribution in [0.1, 0.15) is 27.9 Å². The van der Waals surface area contributed by atoms with Crippen molar-refractivity contribution >= 4 is 23.0 Å². The largest absolute Gasteiger partial charge is 0.378 e. The minimum atomic E-state index is -0.365. The number of hydrogen-bond donors (Lipinski definition) is 1. The van der Waals surface area contributed by atoms with Gasteiger partial charge in [-0.15, -0.1) is 11.3 Å². The molecule has 1 N–H and O–H groups in total. The smallest absolute Gasteiger partial charge is 0.239 e. The van der Waals surface area contributed by atoms with Crippen LogP contribution in [-0.2, 0) is 9.53 Å². The number of aryl methyl sites for hydroxylation is 1. The molecule has 1 unspecified atom stereocenters. The third-order valence-electron chi connectivity index (χ3n) is 3.45. The molecule has 21 heavy (non-hydrogen) atoms. The van der Waals surface area contributed by atoms with Crippen LogP contribution in [0.5, 0.6) is 0 Å². The summed E-state index contributed by atoms with van der Waals surface area (Å²) in [6.07, 6.45) is 0.896. The number of hydrogen-bond acceptors (Lipinski definition) is 5. The van der Waals surface area contributed by atoms with Crippen molar-refractivity contribution in [2.75, 3.05) is 32.8 Å². The highest BCUT2D eigenvalue weighted by atomic mass is 32.1. The highest BCUT2D eigenvalue weighted by Crippen LogP contribution is 2.17. The van der Waals surface area contributed by atoms with Crippen molar-refractivity contribution in [3.8, 4) is 0 Å². The van der Waals surface area contributed by atoms with Crippen LogP contribution < -0.4 is 5.32 Å². The highest BCUT2D eigenvalue weighted by molar-refractivity contribution is 7.14. The second-order valence-electron chi connectivity index (χ2n) is 5.19. The van der Waals surface area contributed by atoms with Crippen molar-refractivity contribution in [1.82, 2.24) is 10.2 Å². The van der Waals surface area contributed by atoms with Crippen LogP contribution in [0.3, 0.4) is 0 Å². The summed E-state index contributed by atoms with van der Waals surface area (Å²) in [6.45, 7) is 6.45. The third kappa shape index (κ3) is 4.36. The zero-order valence-electron chi connectivity index (χ0n) is 12.6. The number of carbonyl (C=O) groups is 2. The van der Waals surface area contributed by atoms with Gasteiger partial charge in [-0.3, -0.25) is 14.5 Å². The van der Waals surface area contributed by atoms with Gasteiger partial charge in [-0.25, -0.2) is 0 Å².